The van der Waals surface area contributed by atoms with Crippen molar-refractivity contribution in [2.45, 2.75) is 40.7 Å². The van der Waals surface area contributed by atoms with Gasteiger partial charge in [0.1, 0.15) is 0 Å². The van der Waals surface area contributed by atoms with Crippen LogP contribution in [-0.2, 0) is 0 Å². The molecule has 5 heteroatoms. The molecule has 112 valence electrons. The van der Waals surface area contributed by atoms with Gasteiger partial charge >= 0.3 is 0 Å². The summed E-state index contributed by atoms with van der Waals surface area (Å²) in [5.41, 5.74) is 0.252. The predicted octanol–water partition coefficient (Wildman–Crippen LogP) is 1.46. The quantitative estimate of drug-likeness (QED) is 0.763. The average molecular weight is 280 g/mol. The SMILES string of the molecule is Cc1cc(C(=O)NCC(C)(C)C(O)C(C)C)cc(=O)[nH]1. The van der Waals surface area contributed by atoms with Crippen molar-refractivity contribution in [2.24, 2.45) is 11.3 Å². The molecule has 0 aliphatic carbocycles. The molecule has 5 nitrogen and oxygen atoms in total. The molecular formula is C15H24N2O3. The number of carbonyl (C=O) groups excluding carboxylic acids is 1. The molecule has 0 spiro atoms. The highest BCUT2D eigenvalue weighted by Crippen LogP contribution is 2.25. The van der Waals surface area contributed by atoms with Gasteiger partial charge in [0.25, 0.3) is 5.91 Å². The maximum absolute atomic E-state index is 12.0. The summed E-state index contributed by atoms with van der Waals surface area (Å²) in [4.78, 5) is 26.0. The average Bonchev–Trinajstić information content (AvgIpc) is 2.33. The molecule has 0 bridgehead atoms. The van der Waals surface area contributed by atoms with E-state index in [9.17, 15) is 14.7 Å². The van der Waals surface area contributed by atoms with Gasteiger partial charge in [0.15, 0.2) is 0 Å². The standard InChI is InChI=1S/C15H24N2O3/c1-9(2)13(19)15(4,5)8-16-14(20)11-6-10(3)17-12(18)7-11/h6-7,9,13,19H,8H2,1-5H3,(H,16,20)(H,17,18). The Morgan fingerprint density at radius 2 is 2.00 bits per heavy atom. The van der Waals surface area contributed by atoms with E-state index in [4.69, 9.17) is 0 Å². The molecule has 1 aromatic rings. The van der Waals surface area contributed by atoms with Crippen molar-refractivity contribution in [1.82, 2.24) is 10.3 Å². The molecule has 0 aliphatic heterocycles. The first-order chi connectivity index (χ1) is 9.13. The molecule has 1 unspecified atom stereocenters. The summed E-state index contributed by atoms with van der Waals surface area (Å²) >= 11 is 0. The maximum Gasteiger partial charge on any atom is 0.251 e. The molecule has 0 aliphatic rings. The van der Waals surface area contributed by atoms with E-state index in [1.54, 1.807) is 13.0 Å². The molecular weight excluding hydrogens is 256 g/mol. The summed E-state index contributed by atoms with van der Waals surface area (Å²) in [6.07, 6.45) is -0.510. The molecule has 1 heterocycles. The predicted molar refractivity (Wildman–Crippen MR) is 78.8 cm³/mol. The first kappa shape index (κ1) is 16.4. The second kappa shape index (κ2) is 6.22. The second-order valence-electron chi connectivity index (χ2n) is 6.28. The number of hydrogen-bond acceptors (Lipinski definition) is 3. The van der Waals surface area contributed by atoms with E-state index in [1.165, 1.54) is 6.07 Å². The van der Waals surface area contributed by atoms with Gasteiger partial charge in [-0.3, -0.25) is 9.59 Å². The van der Waals surface area contributed by atoms with Crippen molar-refractivity contribution in [3.63, 3.8) is 0 Å². The smallest absolute Gasteiger partial charge is 0.251 e. The fraction of sp³-hybridized carbons (Fsp3) is 0.600. The fourth-order valence-corrected chi connectivity index (χ4v) is 2.23. The van der Waals surface area contributed by atoms with Crippen LogP contribution in [0.5, 0.6) is 0 Å². The minimum absolute atomic E-state index is 0.115. The third kappa shape index (κ3) is 4.20. The maximum atomic E-state index is 12.0. The van der Waals surface area contributed by atoms with E-state index in [0.29, 0.717) is 17.8 Å². The zero-order valence-electron chi connectivity index (χ0n) is 12.8. The lowest BCUT2D eigenvalue weighted by Crippen LogP contribution is -2.43. The van der Waals surface area contributed by atoms with E-state index >= 15 is 0 Å². The summed E-state index contributed by atoms with van der Waals surface area (Å²) in [5, 5.41) is 12.9. The fourth-order valence-electron chi connectivity index (χ4n) is 2.23. The lowest BCUT2D eigenvalue weighted by Gasteiger charge is -2.33. The zero-order chi connectivity index (χ0) is 15.5. The summed E-state index contributed by atoms with van der Waals surface area (Å²) < 4.78 is 0. The van der Waals surface area contributed by atoms with Crippen molar-refractivity contribution in [3.05, 3.63) is 33.7 Å². The molecule has 1 amide bonds. The first-order valence-electron chi connectivity index (χ1n) is 6.80. The van der Waals surface area contributed by atoms with Gasteiger partial charge in [-0.05, 0) is 18.9 Å². The Morgan fingerprint density at radius 3 is 2.50 bits per heavy atom. The van der Waals surface area contributed by atoms with Crippen LogP contribution >= 0.6 is 0 Å². The number of rotatable bonds is 5. The Morgan fingerprint density at radius 1 is 1.40 bits per heavy atom. The zero-order valence-corrected chi connectivity index (χ0v) is 12.8. The van der Waals surface area contributed by atoms with Gasteiger partial charge in [-0.2, -0.15) is 0 Å². The number of carbonyl (C=O) groups is 1. The molecule has 0 saturated carbocycles. The van der Waals surface area contributed by atoms with Crippen molar-refractivity contribution >= 4 is 5.91 Å². The van der Waals surface area contributed by atoms with Gasteiger partial charge in [0.2, 0.25) is 5.56 Å². The van der Waals surface area contributed by atoms with Gasteiger partial charge in [0, 0.05) is 29.3 Å². The number of amides is 1. The summed E-state index contributed by atoms with van der Waals surface area (Å²) in [6, 6.07) is 2.90. The molecule has 1 atom stereocenters. The number of aromatic nitrogens is 1. The minimum atomic E-state index is -0.510. The Bertz CT molecular complexity index is 532. The number of hydrogen-bond donors (Lipinski definition) is 3. The van der Waals surface area contributed by atoms with Crippen molar-refractivity contribution < 1.29 is 9.90 Å². The lowest BCUT2D eigenvalue weighted by molar-refractivity contribution is 0.0138. The van der Waals surface area contributed by atoms with Crippen LogP contribution in [0.3, 0.4) is 0 Å². The monoisotopic (exact) mass is 280 g/mol. The minimum Gasteiger partial charge on any atom is -0.392 e. The normalized spacial score (nSPS) is 13.3. The van der Waals surface area contributed by atoms with Crippen molar-refractivity contribution in [3.8, 4) is 0 Å². The van der Waals surface area contributed by atoms with Crippen LogP contribution < -0.4 is 10.9 Å². The summed E-state index contributed by atoms with van der Waals surface area (Å²) in [6.45, 7) is 9.76. The molecule has 1 aromatic heterocycles. The highest BCUT2D eigenvalue weighted by atomic mass is 16.3. The lowest BCUT2D eigenvalue weighted by atomic mass is 9.80. The number of nitrogens with one attached hydrogen (secondary N) is 2. The van der Waals surface area contributed by atoms with Crippen LogP contribution in [0.2, 0.25) is 0 Å². The van der Waals surface area contributed by atoms with E-state index in [1.807, 2.05) is 27.7 Å². The molecule has 0 aromatic carbocycles. The van der Waals surface area contributed by atoms with Gasteiger partial charge in [-0.25, -0.2) is 0 Å². The topological polar surface area (TPSA) is 82.2 Å². The van der Waals surface area contributed by atoms with Crippen molar-refractivity contribution in [2.75, 3.05) is 6.54 Å². The van der Waals surface area contributed by atoms with Gasteiger partial charge in [-0.15, -0.1) is 0 Å². The molecule has 0 radical (unpaired) electrons. The summed E-state index contributed by atoms with van der Waals surface area (Å²) in [7, 11) is 0. The van der Waals surface area contributed by atoms with Gasteiger partial charge < -0.3 is 15.4 Å². The third-order valence-electron chi connectivity index (χ3n) is 3.38. The molecule has 20 heavy (non-hydrogen) atoms. The van der Waals surface area contributed by atoms with E-state index in [-0.39, 0.29) is 17.4 Å². The van der Waals surface area contributed by atoms with Crippen LogP contribution in [0.15, 0.2) is 16.9 Å². The van der Waals surface area contributed by atoms with Crippen LogP contribution in [0.4, 0.5) is 0 Å². The van der Waals surface area contributed by atoms with E-state index in [0.717, 1.165) is 0 Å². The van der Waals surface area contributed by atoms with Crippen LogP contribution in [0.25, 0.3) is 0 Å². The van der Waals surface area contributed by atoms with Gasteiger partial charge in [0.05, 0.1) is 6.10 Å². The van der Waals surface area contributed by atoms with E-state index in [2.05, 4.69) is 10.3 Å². The molecule has 0 fully saturated rings. The number of pyridine rings is 1. The highest BCUT2D eigenvalue weighted by Gasteiger charge is 2.30. The summed E-state index contributed by atoms with van der Waals surface area (Å²) in [5.74, 6) is -0.188. The number of aryl methyl sites for hydroxylation is 1. The highest BCUT2D eigenvalue weighted by molar-refractivity contribution is 5.94. The number of aliphatic hydroxyl groups is 1. The number of aromatic amines is 1. The van der Waals surface area contributed by atoms with E-state index < -0.39 is 11.5 Å². The van der Waals surface area contributed by atoms with Crippen LogP contribution in [-0.4, -0.2) is 28.6 Å². The second-order valence-corrected chi connectivity index (χ2v) is 6.28. The Kier molecular flexibility index (Phi) is 5.11. The molecule has 0 saturated heterocycles. The first-order valence-corrected chi connectivity index (χ1v) is 6.80. The van der Waals surface area contributed by atoms with Crippen LogP contribution in [0, 0.1) is 18.3 Å². The Hall–Kier alpha value is -1.62. The van der Waals surface area contributed by atoms with Gasteiger partial charge in [-0.1, -0.05) is 27.7 Å². The van der Waals surface area contributed by atoms with Crippen LogP contribution in [0.1, 0.15) is 43.7 Å². The van der Waals surface area contributed by atoms with Crippen molar-refractivity contribution in [1.29, 1.82) is 0 Å². The number of aliphatic hydroxyl groups excluding tert-OH is 1. The largest absolute Gasteiger partial charge is 0.392 e. The molecule has 3 N–H and O–H groups in total. The Balaban J connectivity index is 2.74. The third-order valence-corrected chi connectivity index (χ3v) is 3.38. The molecule has 1 rings (SSSR count). The Labute approximate surface area is 119 Å². The number of H-pyrrole nitrogens is 1.